The first-order valence-corrected chi connectivity index (χ1v) is 7.30. The highest BCUT2D eigenvalue weighted by molar-refractivity contribution is 6.03. The molecule has 3 aromatic rings. The van der Waals surface area contributed by atoms with E-state index in [9.17, 15) is 4.79 Å². The number of hydrogen-bond acceptors (Lipinski definition) is 3. The first kappa shape index (κ1) is 14.8. The maximum Gasteiger partial charge on any atom is 0.256 e. The summed E-state index contributed by atoms with van der Waals surface area (Å²) in [5.74, 6) is 0.962. The quantitative estimate of drug-likeness (QED) is 0.777. The van der Waals surface area contributed by atoms with Crippen molar-refractivity contribution in [3.8, 4) is 5.75 Å². The average Bonchev–Trinajstić information content (AvgIpc) is 2.62. The van der Waals surface area contributed by atoms with Gasteiger partial charge in [-0.15, -0.1) is 0 Å². The van der Waals surface area contributed by atoms with Crippen LogP contribution in [0.5, 0.6) is 5.75 Å². The summed E-state index contributed by atoms with van der Waals surface area (Å²) < 4.78 is 5.74. The van der Waals surface area contributed by atoms with Gasteiger partial charge in [0.2, 0.25) is 0 Å². The molecule has 0 radical (unpaired) electrons. The minimum atomic E-state index is -0.214. The van der Waals surface area contributed by atoms with E-state index in [2.05, 4.69) is 10.3 Å². The Balaban J connectivity index is 1.66. The van der Waals surface area contributed by atoms with Crippen molar-refractivity contribution in [3.63, 3.8) is 0 Å². The Morgan fingerprint density at radius 1 is 0.957 bits per heavy atom. The van der Waals surface area contributed by atoms with Gasteiger partial charge in [0.25, 0.3) is 5.91 Å². The second-order valence-electron chi connectivity index (χ2n) is 4.97. The van der Waals surface area contributed by atoms with Gasteiger partial charge in [-0.05, 0) is 35.9 Å². The van der Waals surface area contributed by atoms with Crippen molar-refractivity contribution in [2.75, 3.05) is 5.32 Å². The van der Waals surface area contributed by atoms with Crippen molar-refractivity contribution in [3.05, 3.63) is 90.1 Å². The zero-order valence-electron chi connectivity index (χ0n) is 12.5. The largest absolute Gasteiger partial charge is 0.489 e. The Labute approximate surface area is 134 Å². The van der Waals surface area contributed by atoms with Crippen LogP contribution in [0.2, 0.25) is 0 Å². The van der Waals surface area contributed by atoms with Crippen LogP contribution in [0.25, 0.3) is 0 Å². The standard InChI is InChI=1S/C19H16N2O2/c22-19(21-18-11-4-5-12-20-18)16-9-6-10-17(13-16)23-14-15-7-2-1-3-8-15/h1-13H,14H2,(H,20,21,22). The fourth-order valence-electron chi connectivity index (χ4n) is 2.09. The number of aromatic nitrogens is 1. The maximum absolute atomic E-state index is 12.2. The van der Waals surface area contributed by atoms with Crippen LogP contribution in [-0.4, -0.2) is 10.9 Å². The van der Waals surface area contributed by atoms with E-state index in [1.807, 2.05) is 42.5 Å². The molecule has 3 rings (SSSR count). The topological polar surface area (TPSA) is 51.2 Å². The predicted molar refractivity (Wildman–Crippen MR) is 89.4 cm³/mol. The Kier molecular flexibility index (Phi) is 4.64. The summed E-state index contributed by atoms with van der Waals surface area (Å²) in [6.45, 7) is 0.464. The summed E-state index contributed by atoms with van der Waals surface area (Å²) >= 11 is 0. The first-order valence-electron chi connectivity index (χ1n) is 7.30. The molecule has 4 nitrogen and oxygen atoms in total. The van der Waals surface area contributed by atoms with Crippen molar-refractivity contribution in [2.45, 2.75) is 6.61 Å². The molecule has 0 aliphatic heterocycles. The number of hydrogen-bond donors (Lipinski definition) is 1. The summed E-state index contributed by atoms with van der Waals surface area (Å²) in [6.07, 6.45) is 1.63. The highest BCUT2D eigenvalue weighted by Gasteiger charge is 2.07. The van der Waals surface area contributed by atoms with Crippen molar-refractivity contribution in [2.24, 2.45) is 0 Å². The van der Waals surface area contributed by atoms with Gasteiger partial charge in [0.05, 0.1) is 0 Å². The normalized spacial score (nSPS) is 10.1. The van der Waals surface area contributed by atoms with E-state index < -0.39 is 0 Å². The molecular weight excluding hydrogens is 288 g/mol. The highest BCUT2D eigenvalue weighted by atomic mass is 16.5. The minimum absolute atomic E-state index is 0.214. The number of benzene rings is 2. The molecule has 1 heterocycles. The van der Waals surface area contributed by atoms with Crippen molar-refractivity contribution in [1.82, 2.24) is 4.98 Å². The lowest BCUT2D eigenvalue weighted by Crippen LogP contribution is -2.12. The summed E-state index contributed by atoms with van der Waals surface area (Å²) in [5.41, 5.74) is 1.61. The number of anilines is 1. The van der Waals surface area contributed by atoms with E-state index >= 15 is 0 Å². The fourth-order valence-corrected chi connectivity index (χ4v) is 2.09. The van der Waals surface area contributed by atoms with E-state index in [-0.39, 0.29) is 5.91 Å². The number of carbonyl (C=O) groups excluding carboxylic acids is 1. The maximum atomic E-state index is 12.2. The first-order chi connectivity index (χ1) is 11.3. The smallest absolute Gasteiger partial charge is 0.256 e. The van der Waals surface area contributed by atoms with Crippen LogP contribution in [0.3, 0.4) is 0 Å². The van der Waals surface area contributed by atoms with E-state index in [0.29, 0.717) is 23.7 Å². The lowest BCUT2D eigenvalue weighted by atomic mass is 10.2. The fraction of sp³-hybridized carbons (Fsp3) is 0.0526. The molecule has 0 saturated carbocycles. The number of carbonyl (C=O) groups is 1. The van der Waals surface area contributed by atoms with Gasteiger partial charge in [0, 0.05) is 11.8 Å². The number of nitrogens with one attached hydrogen (secondary N) is 1. The molecule has 2 aromatic carbocycles. The number of rotatable bonds is 5. The third-order valence-electron chi connectivity index (χ3n) is 3.25. The minimum Gasteiger partial charge on any atom is -0.489 e. The van der Waals surface area contributed by atoms with Gasteiger partial charge in [0.1, 0.15) is 18.2 Å². The van der Waals surface area contributed by atoms with Crippen molar-refractivity contribution in [1.29, 1.82) is 0 Å². The third kappa shape index (κ3) is 4.17. The van der Waals surface area contributed by atoms with Crippen LogP contribution in [0.1, 0.15) is 15.9 Å². The number of nitrogens with zero attached hydrogens (tertiary/aromatic N) is 1. The molecule has 23 heavy (non-hydrogen) atoms. The van der Waals surface area contributed by atoms with Crippen LogP contribution < -0.4 is 10.1 Å². The highest BCUT2D eigenvalue weighted by Crippen LogP contribution is 2.16. The molecular formula is C19H16N2O2. The predicted octanol–water partition coefficient (Wildman–Crippen LogP) is 3.91. The molecule has 1 aromatic heterocycles. The Bertz CT molecular complexity index is 774. The summed E-state index contributed by atoms with van der Waals surface area (Å²) in [4.78, 5) is 16.3. The Morgan fingerprint density at radius 3 is 2.57 bits per heavy atom. The molecule has 0 spiro atoms. The van der Waals surface area contributed by atoms with Gasteiger partial charge >= 0.3 is 0 Å². The van der Waals surface area contributed by atoms with Gasteiger partial charge in [-0.25, -0.2) is 4.98 Å². The SMILES string of the molecule is O=C(Nc1ccccn1)c1cccc(OCc2ccccc2)c1. The molecule has 1 N–H and O–H groups in total. The molecule has 0 fully saturated rings. The molecule has 114 valence electrons. The summed E-state index contributed by atoms with van der Waals surface area (Å²) in [5, 5.41) is 2.75. The molecule has 1 amide bonds. The number of amides is 1. The molecule has 0 bridgehead atoms. The van der Waals surface area contributed by atoms with E-state index in [0.717, 1.165) is 5.56 Å². The Morgan fingerprint density at radius 2 is 1.78 bits per heavy atom. The lowest BCUT2D eigenvalue weighted by molar-refractivity contribution is 0.102. The lowest BCUT2D eigenvalue weighted by Gasteiger charge is -2.08. The van der Waals surface area contributed by atoms with Gasteiger partial charge in [-0.3, -0.25) is 4.79 Å². The molecule has 0 aliphatic rings. The van der Waals surface area contributed by atoms with Crippen molar-refractivity contribution >= 4 is 11.7 Å². The summed E-state index contributed by atoms with van der Waals surface area (Å²) in [6, 6.07) is 22.4. The Hall–Kier alpha value is -3.14. The third-order valence-corrected chi connectivity index (χ3v) is 3.25. The van der Waals surface area contributed by atoms with Gasteiger partial charge < -0.3 is 10.1 Å². The molecule has 0 atom stereocenters. The number of pyridine rings is 1. The zero-order chi connectivity index (χ0) is 15.9. The second kappa shape index (κ2) is 7.22. The van der Waals surface area contributed by atoms with Crippen LogP contribution in [0.4, 0.5) is 5.82 Å². The van der Waals surface area contributed by atoms with E-state index in [4.69, 9.17) is 4.74 Å². The van der Waals surface area contributed by atoms with Crippen LogP contribution in [0.15, 0.2) is 79.0 Å². The monoisotopic (exact) mass is 304 g/mol. The van der Waals surface area contributed by atoms with Crippen LogP contribution in [0, 0.1) is 0 Å². The van der Waals surface area contributed by atoms with Gasteiger partial charge in [-0.1, -0.05) is 42.5 Å². The van der Waals surface area contributed by atoms with Gasteiger partial charge in [-0.2, -0.15) is 0 Å². The molecule has 4 heteroatoms. The number of ether oxygens (including phenoxy) is 1. The van der Waals surface area contributed by atoms with Crippen molar-refractivity contribution < 1.29 is 9.53 Å². The zero-order valence-corrected chi connectivity index (χ0v) is 12.5. The van der Waals surface area contributed by atoms with Crippen LogP contribution in [-0.2, 0) is 6.61 Å². The van der Waals surface area contributed by atoms with E-state index in [1.54, 1.807) is 36.5 Å². The summed E-state index contributed by atoms with van der Waals surface area (Å²) in [7, 11) is 0. The molecule has 0 saturated heterocycles. The second-order valence-corrected chi connectivity index (χ2v) is 4.97. The van der Waals surface area contributed by atoms with Crippen LogP contribution >= 0.6 is 0 Å². The average molecular weight is 304 g/mol. The van der Waals surface area contributed by atoms with E-state index in [1.165, 1.54) is 0 Å². The molecule has 0 aliphatic carbocycles. The molecule has 0 unspecified atom stereocenters. The van der Waals surface area contributed by atoms with Gasteiger partial charge in [0.15, 0.2) is 0 Å².